The Labute approximate surface area is 170 Å². The molecule has 0 spiro atoms. The molecule has 0 aliphatic heterocycles. The molecule has 0 saturated heterocycles. The molecule has 144 valence electrons. The Bertz CT molecular complexity index is 1080. The monoisotopic (exact) mass is 419 g/mol. The van der Waals surface area contributed by atoms with E-state index in [2.05, 4.69) is 9.97 Å². The number of nitrogen functional groups attached to an aromatic ring is 2. The van der Waals surface area contributed by atoms with Crippen LogP contribution in [0.3, 0.4) is 0 Å². The summed E-state index contributed by atoms with van der Waals surface area (Å²) in [5.74, 6) is 0.447. The Morgan fingerprint density at radius 2 is 1.86 bits per heavy atom. The molecule has 0 amide bonds. The summed E-state index contributed by atoms with van der Waals surface area (Å²) in [6.07, 6.45) is 0. The Kier molecular flexibility index (Phi) is 5.53. The standard InChI is InChI=1S/C18H15Cl2N5O3/c1-9-2-4-11(7-15(9)25(26)27)28-8-14-16(17(21)24-18(22)23-14)10-3-5-12(19)13(20)6-10/h2-7H,8H2,1H3,(H4,21,22,23,24). The molecule has 0 aliphatic carbocycles. The van der Waals surface area contributed by atoms with E-state index in [-0.39, 0.29) is 24.1 Å². The maximum atomic E-state index is 11.1. The Balaban J connectivity index is 1.97. The number of nitro groups is 1. The molecule has 2 aromatic carbocycles. The fourth-order valence-corrected chi connectivity index (χ4v) is 2.94. The van der Waals surface area contributed by atoms with Gasteiger partial charge in [0.05, 0.1) is 26.7 Å². The summed E-state index contributed by atoms with van der Waals surface area (Å²) in [5, 5.41) is 11.8. The number of benzene rings is 2. The summed E-state index contributed by atoms with van der Waals surface area (Å²) >= 11 is 12.1. The van der Waals surface area contributed by atoms with Crippen LogP contribution < -0.4 is 16.2 Å². The highest BCUT2D eigenvalue weighted by atomic mass is 35.5. The molecule has 3 rings (SSSR count). The third-order valence-corrected chi connectivity index (χ3v) is 4.73. The lowest BCUT2D eigenvalue weighted by molar-refractivity contribution is -0.385. The fourth-order valence-electron chi connectivity index (χ4n) is 2.64. The first-order valence-electron chi connectivity index (χ1n) is 8.01. The third kappa shape index (κ3) is 4.08. The van der Waals surface area contributed by atoms with E-state index < -0.39 is 4.92 Å². The van der Waals surface area contributed by atoms with Crippen LogP contribution in [0, 0.1) is 17.0 Å². The van der Waals surface area contributed by atoms with Crippen molar-refractivity contribution in [1.82, 2.24) is 9.97 Å². The molecule has 10 heteroatoms. The van der Waals surface area contributed by atoms with Crippen molar-refractivity contribution in [2.24, 2.45) is 0 Å². The minimum absolute atomic E-state index is 0.0187. The third-order valence-electron chi connectivity index (χ3n) is 3.99. The predicted octanol–water partition coefficient (Wildman–Crippen LogP) is 4.41. The molecule has 8 nitrogen and oxygen atoms in total. The van der Waals surface area contributed by atoms with Crippen molar-refractivity contribution in [1.29, 1.82) is 0 Å². The van der Waals surface area contributed by atoms with Crippen LogP contribution in [-0.2, 0) is 6.61 Å². The van der Waals surface area contributed by atoms with Crippen molar-refractivity contribution in [3.63, 3.8) is 0 Å². The summed E-state index contributed by atoms with van der Waals surface area (Å²) in [4.78, 5) is 18.8. The maximum absolute atomic E-state index is 11.1. The van der Waals surface area contributed by atoms with Crippen LogP contribution in [-0.4, -0.2) is 14.9 Å². The van der Waals surface area contributed by atoms with Crippen molar-refractivity contribution >= 4 is 40.7 Å². The normalized spacial score (nSPS) is 10.7. The number of aromatic nitrogens is 2. The lowest BCUT2D eigenvalue weighted by atomic mass is 10.0. The van der Waals surface area contributed by atoms with E-state index in [9.17, 15) is 10.1 Å². The van der Waals surface area contributed by atoms with E-state index >= 15 is 0 Å². The molecule has 1 aromatic heterocycles. The summed E-state index contributed by atoms with van der Waals surface area (Å²) < 4.78 is 5.70. The minimum Gasteiger partial charge on any atom is -0.487 e. The first-order valence-corrected chi connectivity index (χ1v) is 8.77. The molecule has 4 N–H and O–H groups in total. The number of nitro benzene ring substituents is 1. The predicted molar refractivity (Wildman–Crippen MR) is 108 cm³/mol. The van der Waals surface area contributed by atoms with Crippen molar-refractivity contribution in [2.75, 3.05) is 11.5 Å². The molecular formula is C18H15Cl2N5O3. The van der Waals surface area contributed by atoms with Crippen molar-refractivity contribution in [3.8, 4) is 16.9 Å². The van der Waals surface area contributed by atoms with Crippen LogP contribution in [0.5, 0.6) is 5.75 Å². The number of hydrogen-bond donors (Lipinski definition) is 2. The molecule has 0 atom stereocenters. The van der Waals surface area contributed by atoms with Crippen LogP contribution in [0.4, 0.5) is 17.5 Å². The van der Waals surface area contributed by atoms with E-state index in [4.69, 9.17) is 39.4 Å². The number of anilines is 2. The van der Waals surface area contributed by atoms with Gasteiger partial charge >= 0.3 is 0 Å². The van der Waals surface area contributed by atoms with E-state index in [1.165, 1.54) is 6.07 Å². The summed E-state index contributed by atoms with van der Waals surface area (Å²) in [6.45, 7) is 1.61. The van der Waals surface area contributed by atoms with Gasteiger partial charge < -0.3 is 16.2 Å². The zero-order chi connectivity index (χ0) is 20.4. The highest BCUT2D eigenvalue weighted by Gasteiger charge is 2.17. The van der Waals surface area contributed by atoms with Crippen LogP contribution in [0.15, 0.2) is 36.4 Å². The molecular weight excluding hydrogens is 405 g/mol. The largest absolute Gasteiger partial charge is 0.487 e. The summed E-state index contributed by atoms with van der Waals surface area (Å²) in [5.41, 5.74) is 13.8. The molecule has 0 unspecified atom stereocenters. The average Bonchev–Trinajstić information content (AvgIpc) is 2.63. The van der Waals surface area contributed by atoms with Crippen LogP contribution in [0.1, 0.15) is 11.3 Å². The van der Waals surface area contributed by atoms with Gasteiger partial charge in [-0.3, -0.25) is 10.1 Å². The number of nitrogens with zero attached hydrogens (tertiary/aromatic N) is 3. The van der Waals surface area contributed by atoms with Gasteiger partial charge in [-0.1, -0.05) is 29.3 Å². The lowest BCUT2D eigenvalue weighted by Gasteiger charge is -2.14. The van der Waals surface area contributed by atoms with E-state index in [0.29, 0.717) is 38.2 Å². The lowest BCUT2D eigenvalue weighted by Crippen LogP contribution is -2.09. The second-order valence-electron chi connectivity index (χ2n) is 5.91. The van der Waals surface area contributed by atoms with Crippen LogP contribution in [0.2, 0.25) is 10.0 Å². The van der Waals surface area contributed by atoms with Gasteiger partial charge in [-0.05, 0) is 36.8 Å². The second kappa shape index (κ2) is 7.87. The number of halogens is 2. The number of hydrogen-bond acceptors (Lipinski definition) is 7. The quantitative estimate of drug-likeness (QED) is 0.462. The Hall–Kier alpha value is -3.10. The van der Waals surface area contributed by atoms with Gasteiger partial charge in [0, 0.05) is 11.1 Å². The molecule has 0 saturated carbocycles. The van der Waals surface area contributed by atoms with Crippen molar-refractivity contribution in [3.05, 3.63) is 67.8 Å². The van der Waals surface area contributed by atoms with Crippen LogP contribution in [0.25, 0.3) is 11.1 Å². The fraction of sp³-hybridized carbons (Fsp3) is 0.111. The van der Waals surface area contributed by atoms with Gasteiger partial charge in [0.15, 0.2) is 0 Å². The zero-order valence-electron chi connectivity index (χ0n) is 14.6. The van der Waals surface area contributed by atoms with E-state index in [0.717, 1.165) is 0 Å². The van der Waals surface area contributed by atoms with Gasteiger partial charge in [-0.25, -0.2) is 4.98 Å². The van der Waals surface area contributed by atoms with Gasteiger partial charge in [0.1, 0.15) is 18.2 Å². The number of ether oxygens (including phenoxy) is 1. The smallest absolute Gasteiger partial charge is 0.276 e. The number of nitrogens with two attached hydrogens (primary N) is 2. The summed E-state index contributed by atoms with van der Waals surface area (Å²) in [7, 11) is 0. The van der Waals surface area contributed by atoms with Gasteiger partial charge in [0.25, 0.3) is 5.69 Å². The van der Waals surface area contributed by atoms with Gasteiger partial charge in [0.2, 0.25) is 5.95 Å². The van der Waals surface area contributed by atoms with Crippen molar-refractivity contribution < 1.29 is 9.66 Å². The molecule has 1 heterocycles. The molecule has 0 aliphatic rings. The molecule has 3 aromatic rings. The maximum Gasteiger partial charge on any atom is 0.276 e. The minimum atomic E-state index is -0.468. The number of aryl methyl sites for hydroxylation is 1. The molecule has 0 fully saturated rings. The van der Waals surface area contributed by atoms with Crippen LogP contribution >= 0.6 is 23.2 Å². The first-order chi connectivity index (χ1) is 13.3. The van der Waals surface area contributed by atoms with Crippen molar-refractivity contribution in [2.45, 2.75) is 13.5 Å². The Morgan fingerprint density at radius 1 is 1.11 bits per heavy atom. The zero-order valence-corrected chi connectivity index (χ0v) is 16.2. The topological polar surface area (TPSA) is 130 Å². The van der Waals surface area contributed by atoms with E-state index in [1.54, 1.807) is 37.3 Å². The first kappa shape index (κ1) is 19.7. The molecule has 0 radical (unpaired) electrons. The number of rotatable bonds is 5. The second-order valence-corrected chi connectivity index (χ2v) is 6.73. The molecule has 28 heavy (non-hydrogen) atoms. The van der Waals surface area contributed by atoms with Gasteiger partial charge in [-0.15, -0.1) is 0 Å². The highest BCUT2D eigenvalue weighted by molar-refractivity contribution is 6.42. The van der Waals surface area contributed by atoms with E-state index in [1.807, 2.05) is 0 Å². The summed E-state index contributed by atoms with van der Waals surface area (Å²) in [6, 6.07) is 9.57. The van der Waals surface area contributed by atoms with Gasteiger partial charge in [-0.2, -0.15) is 4.98 Å². The SMILES string of the molecule is Cc1ccc(OCc2nc(N)nc(N)c2-c2ccc(Cl)c(Cl)c2)cc1[N+](=O)[O-]. The highest BCUT2D eigenvalue weighted by Crippen LogP contribution is 2.34. The average molecular weight is 420 g/mol. The molecule has 0 bridgehead atoms. The Morgan fingerprint density at radius 3 is 2.54 bits per heavy atom.